The molecule has 1 aliphatic carbocycles. The van der Waals surface area contributed by atoms with Crippen LogP contribution in [0.1, 0.15) is 42.6 Å². The number of anilines is 2. The van der Waals surface area contributed by atoms with E-state index < -0.39 is 0 Å². The van der Waals surface area contributed by atoms with Gasteiger partial charge >= 0.3 is 0 Å². The van der Waals surface area contributed by atoms with E-state index in [0.29, 0.717) is 23.0 Å². The van der Waals surface area contributed by atoms with E-state index in [9.17, 15) is 4.79 Å². The summed E-state index contributed by atoms with van der Waals surface area (Å²) in [6, 6.07) is 5.69. The van der Waals surface area contributed by atoms with Crippen molar-refractivity contribution < 1.29 is 14.3 Å². The molecule has 1 aliphatic rings. The second-order valence-corrected chi connectivity index (χ2v) is 6.29. The van der Waals surface area contributed by atoms with Crippen molar-refractivity contribution in [3.8, 4) is 11.5 Å². The minimum atomic E-state index is -0.169. The highest BCUT2D eigenvalue weighted by Gasteiger charge is 2.17. The molecule has 1 aromatic heterocycles. The second kappa shape index (κ2) is 8.51. The molecule has 0 atom stereocenters. The number of ether oxygens (including phenoxy) is 2. The summed E-state index contributed by atoms with van der Waals surface area (Å²) in [7, 11) is 3.19. The van der Waals surface area contributed by atoms with Gasteiger partial charge in [0, 0.05) is 12.1 Å². The fourth-order valence-corrected chi connectivity index (χ4v) is 3.06. The number of methoxy groups -OCH3 is 2. The number of hydrogen-bond donors (Lipinski definition) is 2. The van der Waals surface area contributed by atoms with Crippen molar-refractivity contribution in [1.29, 1.82) is 0 Å². The van der Waals surface area contributed by atoms with Crippen molar-refractivity contribution in [3.05, 3.63) is 36.3 Å². The van der Waals surface area contributed by atoms with Gasteiger partial charge in [-0.25, -0.2) is 9.97 Å². The van der Waals surface area contributed by atoms with Crippen LogP contribution in [0.2, 0.25) is 0 Å². The summed E-state index contributed by atoms with van der Waals surface area (Å²) in [5.41, 5.74) is 1.06. The van der Waals surface area contributed by atoms with Crippen molar-refractivity contribution in [1.82, 2.24) is 15.3 Å². The SMILES string of the molecule is COc1ccc(Nc2cnc(C(=O)NC3CCCCC3)cn2)c(OC)c1. The van der Waals surface area contributed by atoms with E-state index >= 15 is 0 Å². The van der Waals surface area contributed by atoms with E-state index in [4.69, 9.17) is 9.47 Å². The molecule has 0 bridgehead atoms. The van der Waals surface area contributed by atoms with E-state index in [-0.39, 0.29) is 11.9 Å². The first kappa shape index (κ1) is 18.0. The van der Waals surface area contributed by atoms with Crippen LogP contribution in [0.25, 0.3) is 0 Å². The standard InChI is InChI=1S/C19H24N4O3/c1-25-14-8-9-15(17(10-14)26-2)23-18-12-20-16(11-21-18)19(24)22-13-6-4-3-5-7-13/h8-13H,3-7H2,1-2H3,(H,21,23)(H,22,24). The summed E-state index contributed by atoms with van der Waals surface area (Å²) in [6.07, 6.45) is 8.69. The van der Waals surface area contributed by atoms with E-state index in [1.807, 2.05) is 12.1 Å². The van der Waals surface area contributed by atoms with Crippen LogP contribution in [0.4, 0.5) is 11.5 Å². The third kappa shape index (κ3) is 4.41. The molecule has 0 spiro atoms. The van der Waals surface area contributed by atoms with Gasteiger partial charge in [-0.3, -0.25) is 4.79 Å². The zero-order valence-corrected chi connectivity index (χ0v) is 15.1. The van der Waals surface area contributed by atoms with E-state index in [1.54, 1.807) is 26.5 Å². The molecule has 3 rings (SSSR count). The van der Waals surface area contributed by atoms with Crippen molar-refractivity contribution in [2.75, 3.05) is 19.5 Å². The summed E-state index contributed by atoms with van der Waals surface area (Å²) in [4.78, 5) is 20.8. The van der Waals surface area contributed by atoms with Gasteiger partial charge < -0.3 is 20.1 Å². The Kier molecular flexibility index (Phi) is 5.88. The molecule has 1 aromatic carbocycles. The van der Waals surface area contributed by atoms with Crippen LogP contribution >= 0.6 is 0 Å². The zero-order chi connectivity index (χ0) is 18.4. The number of benzene rings is 1. The van der Waals surface area contributed by atoms with Gasteiger partial charge in [0.25, 0.3) is 5.91 Å². The van der Waals surface area contributed by atoms with Gasteiger partial charge in [0.2, 0.25) is 0 Å². The monoisotopic (exact) mass is 356 g/mol. The molecular formula is C19H24N4O3. The number of aromatic nitrogens is 2. The lowest BCUT2D eigenvalue weighted by molar-refractivity contribution is 0.0922. The Morgan fingerprint density at radius 3 is 2.54 bits per heavy atom. The summed E-state index contributed by atoms with van der Waals surface area (Å²) >= 11 is 0. The van der Waals surface area contributed by atoms with E-state index in [0.717, 1.165) is 18.5 Å². The van der Waals surface area contributed by atoms with Crippen LogP contribution in [-0.2, 0) is 0 Å². The quantitative estimate of drug-likeness (QED) is 0.826. The molecular weight excluding hydrogens is 332 g/mol. The number of nitrogens with zero attached hydrogens (tertiary/aromatic N) is 2. The highest BCUT2D eigenvalue weighted by molar-refractivity contribution is 5.92. The molecule has 0 aliphatic heterocycles. The fourth-order valence-electron chi connectivity index (χ4n) is 3.06. The van der Waals surface area contributed by atoms with Gasteiger partial charge in [-0.1, -0.05) is 19.3 Å². The summed E-state index contributed by atoms with van der Waals surface area (Å²) in [5.74, 6) is 1.69. The number of amides is 1. The Hall–Kier alpha value is -2.83. The predicted octanol–water partition coefficient (Wildman–Crippen LogP) is 3.30. The number of rotatable bonds is 6. The molecule has 1 saturated carbocycles. The topological polar surface area (TPSA) is 85.4 Å². The smallest absolute Gasteiger partial charge is 0.271 e. The van der Waals surface area contributed by atoms with Crippen LogP contribution < -0.4 is 20.1 Å². The molecule has 2 N–H and O–H groups in total. The molecule has 1 heterocycles. The molecule has 0 unspecified atom stereocenters. The summed E-state index contributed by atoms with van der Waals surface area (Å²) in [6.45, 7) is 0. The number of hydrogen-bond acceptors (Lipinski definition) is 6. The van der Waals surface area contributed by atoms with Gasteiger partial charge in [-0.05, 0) is 25.0 Å². The number of carbonyl (C=O) groups is 1. The lowest BCUT2D eigenvalue weighted by atomic mass is 9.95. The van der Waals surface area contributed by atoms with Crippen LogP contribution in [0, 0.1) is 0 Å². The normalized spacial score (nSPS) is 14.5. The third-order valence-corrected chi connectivity index (χ3v) is 4.50. The first-order chi connectivity index (χ1) is 12.7. The average molecular weight is 356 g/mol. The minimum absolute atomic E-state index is 0.169. The lowest BCUT2D eigenvalue weighted by Crippen LogP contribution is -2.36. The lowest BCUT2D eigenvalue weighted by Gasteiger charge is -2.22. The van der Waals surface area contributed by atoms with E-state index in [1.165, 1.54) is 25.5 Å². The number of nitrogens with one attached hydrogen (secondary N) is 2. The second-order valence-electron chi connectivity index (χ2n) is 6.29. The highest BCUT2D eigenvalue weighted by atomic mass is 16.5. The number of carbonyl (C=O) groups excluding carboxylic acids is 1. The van der Waals surface area contributed by atoms with Crippen LogP contribution in [0.3, 0.4) is 0 Å². The van der Waals surface area contributed by atoms with Crippen molar-refractivity contribution in [2.24, 2.45) is 0 Å². The van der Waals surface area contributed by atoms with Gasteiger partial charge in [-0.2, -0.15) is 0 Å². The van der Waals surface area contributed by atoms with Crippen molar-refractivity contribution >= 4 is 17.4 Å². The van der Waals surface area contributed by atoms with Crippen LogP contribution in [0.15, 0.2) is 30.6 Å². The third-order valence-electron chi connectivity index (χ3n) is 4.50. The summed E-state index contributed by atoms with van der Waals surface area (Å²) < 4.78 is 10.5. The molecule has 7 heteroatoms. The van der Waals surface area contributed by atoms with Crippen molar-refractivity contribution in [3.63, 3.8) is 0 Å². The maximum atomic E-state index is 12.3. The Morgan fingerprint density at radius 1 is 1.08 bits per heavy atom. The Morgan fingerprint density at radius 2 is 1.88 bits per heavy atom. The predicted molar refractivity (Wildman–Crippen MR) is 99.2 cm³/mol. The molecule has 1 fully saturated rings. The Bertz CT molecular complexity index is 743. The van der Waals surface area contributed by atoms with E-state index in [2.05, 4.69) is 20.6 Å². The molecule has 2 aromatic rings. The molecule has 138 valence electrons. The van der Waals surface area contributed by atoms with Crippen LogP contribution in [0.5, 0.6) is 11.5 Å². The molecule has 7 nitrogen and oxygen atoms in total. The van der Waals surface area contributed by atoms with Gasteiger partial charge in [0.05, 0.1) is 32.3 Å². The highest BCUT2D eigenvalue weighted by Crippen LogP contribution is 2.30. The molecule has 0 radical (unpaired) electrons. The largest absolute Gasteiger partial charge is 0.497 e. The van der Waals surface area contributed by atoms with Gasteiger partial charge in [0.1, 0.15) is 23.0 Å². The maximum absolute atomic E-state index is 12.3. The molecule has 26 heavy (non-hydrogen) atoms. The average Bonchev–Trinajstić information content (AvgIpc) is 2.69. The molecule has 0 saturated heterocycles. The van der Waals surface area contributed by atoms with Gasteiger partial charge in [0.15, 0.2) is 0 Å². The van der Waals surface area contributed by atoms with Crippen molar-refractivity contribution in [2.45, 2.75) is 38.1 Å². The minimum Gasteiger partial charge on any atom is -0.497 e. The Balaban J connectivity index is 1.65. The molecule has 1 amide bonds. The van der Waals surface area contributed by atoms with Gasteiger partial charge in [-0.15, -0.1) is 0 Å². The zero-order valence-electron chi connectivity index (χ0n) is 15.1. The Labute approximate surface area is 153 Å². The van der Waals surface area contributed by atoms with Crippen LogP contribution in [-0.4, -0.2) is 36.1 Å². The fraction of sp³-hybridized carbons (Fsp3) is 0.421. The summed E-state index contributed by atoms with van der Waals surface area (Å²) in [5, 5.41) is 6.18. The first-order valence-electron chi connectivity index (χ1n) is 8.81. The maximum Gasteiger partial charge on any atom is 0.271 e. The first-order valence-corrected chi connectivity index (χ1v) is 8.81.